The molecule has 1 rings (SSSR count). The van der Waals surface area contributed by atoms with Crippen LogP contribution in [0.3, 0.4) is 0 Å². The molecule has 1 aromatic rings. The first kappa shape index (κ1) is 26.5. The van der Waals surface area contributed by atoms with Gasteiger partial charge < -0.3 is 9.84 Å². The predicted octanol–water partition coefficient (Wildman–Crippen LogP) is 8.07. The zero-order chi connectivity index (χ0) is 22.4. The van der Waals surface area contributed by atoms with Crippen LogP contribution in [-0.2, 0) is 9.53 Å². The van der Waals surface area contributed by atoms with Gasteiger partial charge in [0.1, 0.15) is 5.75 Å². The van der Waals surface area contributed by atoms with E-state index in [4.69, 9.17) is 4.74 Å². The first-order valence-electron chi connectivity index (χ1n) is 12.2. The third kappa shape index (κ3) is 11.6. The van der Waals surface area contributed by atoms with E-state index >= 15 is 0 Å². The van der Waals surface area contributed by atoms with E-state index in [1.54, 1.807) is 6.07 Å². The summed E-state index contributed by atoms with van der Waals surface area (Å²) in [5.74, 6) is -0.151. The Morgan fingerprint density at radius 2 is 1.47 bits per heavy atom. The molecule has 0 aliphatic carbocycles. The predicted molar refractivity (Wildman–Crippen MR) is 127 cm³/mol. The number of hydrogen-bond donors (Lipinski definition) is 1. The minimum Gasteiger partial charge on any atom is -0.508 e. The highest BCUT2D eigenvalue weighted by molar-refractivity contribution is 5.78. The SMILES string of the molecule is CCCCCCCCCCCCCOC(=O)C(CC(C)(C)C)c1ccc(O)c(C)c1. The van der Waals surface area contributed by atoms with E-state index in [0.29, 0.717) is 6.61 Å². The van der Waals surface area contributed by atoms with Crippen LogP contribution in [0.1, 0.15) is 122 Å². The van der Waals surface area contributed by atoms with Crippen LogP contribution in [0, 0.1) is 12.3 Å². The Morgan fingerprint density at radius 3 is 1.97 bits per heavy atom. The molecular weight excluding hydrogens is 372 g/mol. The number of benzene rings is 1. The lowest BCUT2D eigenvalue weighted by atomic mass is 9.81. The molecule has 0 saturated carbocycles. The molecule has 0 spiro atoms. The summed E-state index contributed by atoms with van der Waals surface area (Å²) in [4.78, 5) is 12.8. The van der Waals surface area contributed by atoms with Crippen LogP contribution in [0.15, 0.2) is 18.2 Å². The number of carbonyl (C=O) groups is 1. The Balaban J connectivity index is 2.31. The molecule has 30 heavy (non-hydrogen) atoms. The first-order valence-corrected chi connectivity index (χ1v) is 12.2. The summed E-state index contributed by atoms with van der Waals surface area (Å²) in [5, 5.41) is 9.81. The van der Waals surface area contributed by atoms with Crippen molar-refractivity contribution >= 4 is 5.97 Å². The molecule has 1 aromatic carbocycles. The number of carbonyl (C=O) groups excluding carboxylic acids is 1. The number of phenolic OH excluding ortho intramolecular Hbond substituents is 1. The van der Waals surface area contributed by atoms with Crippen molar-refractivity contribution in [2.75, 3.05) is 6.61 Å². The van der Waals surface area contributed by atoms with Crippen LogP contribution in [0.25, 0.3) is 0 Å². The van der Waals surface area contributed by atoms with E-state index in [1.807, 2.05) is 19.1 Å². The molecule has 0 aliphatic heterocycles. The lowest BCUT2D eigenvalue weighted by Crippen LogP contribution is -2.22. The molecule has 3 nitrogen and oxygen atoms in total. The summed E-state index contributed by atoms with van der Waals surface area (Å²) in [6.07, 6.45) is 14.9. The van der Waals surface area contributed by atoms with E-state index in [-0.39, 0.29) is 23.1 Å². The average molecular weight is 419 g/mol. The van der Waals surface area contributed by atoms with Crippen molar-refractivity contribution in [3.8, 4) is 5.75 Å². The van der Waals surface area contributed by atoms with Gasteiger partial charge in [-0.15, -0.1) is 0 Å². The summed E-state index contributed by atoms with van der Waals surface area (Å²) < 4.78 is 5.66. The fraction of sp³-hybridized carbons (Fsp3) is 0.741. The Kier molecular flexibility index (Phi) is 12.8. The van der Waals surface area contributed by atoms with Crippen molar-refractivity contribution in [3.05, 3.63) is 29.3 Å². The highest BCUT2D eigenvalue weighted by Gasteiger charge is 2.28. The van der Waals surface area contributed by atoms with Gasteiger partial charge in [-0.3, -0.25) is 4.79 Å². The van der Waals surface area contributed by atoms with Crippen LogP contribution >= 0.6 is 0 Å². The number of aryl methyl sites for hydroxylation is 1. The number of hydrogen-bond acceptors (Lipinski definition) is 3. The van der Waals surface area contributed by atoms with Gasteiger partial charge in [-0.25, -0.2) is 0 Å². The summed E-state index contributed by atoms with van der Waals surface area (Å²) in [6, 6.07) is 5.44. The minimum atomic E-state index is -0.281. The average Bonchev–Trinajstić information content (AvgIpc) is 2.68. The lowest BCUT2D eigenvalue weighted by Gasteiger charge is -2.25. The van der Waals surface area contributed by atoms with Crippen LogP contribution in [0.2, 0.25) is 0 Å². The highest BCUT2D eigenvalue weighted by atomic mass is 16.5. The van der Waals surface area contributed by atoms with E-state index in [0.717, 1.165) is 30.4 Å². The van der Waals surface area contributed by atoms with Crippen LogP contribution in [0.4, 0.5) is 0 Å². The zero-order valence-corrected chi connectivity index (χ0v) is 20.3. The Bertz CT molecular complexity index is 601. The highest BCUT2D eigenvalue weighted by Crippen LogP contribution is 2.34. The summed E-state index contributed by atoms with van der Waals surface area (Å²) in [6.45, 7) is 11.1. The third-order valence-electron chi connectivity index (χ3n) is 5.72. The van der Waals surface area contributed by atoms with Gasteiger partial charge in [0, 0.05) is 0 Å². The van der Waals surface area contributed by atoms with Crippen molar-refractivity contribution < 1.29 is 14.6 Å². The normalized spacial score (nSPS) is 12.7. The molecule has 1 unspecified atom stereocenters. The molecule has 1 atom stereocenters. The van der Waals surface area contributed by atoms with E-state index in [1.165, 1.54) is 57.8 Å². The smallest absolute Gasteiger partial charge is 0.313 e. The van der Waals surface area contributed by atoms with E-state index in [2.05, 4.69) is 27.7 Å². The molecule has 1 N–H and O–H groups in total. The quantitative estimate of drug-likeness (QED) is 0.231. The van der Waals surface area contributed by atoms with Gasteiger partial charge in [-0.1, -0.05) is 104 Å². The molecule has 0 amide bonds. The topological polar surface area (TPSA) is 46.5 Å². The standard InChI is InChI=1S/C27H46O3/c1-6-7-8-9-10-11-12-13-14-15-16-19-30-26(29)24(21-27(3,4)5)23-17-18-25(28)22(2)20-23/h17-18,20,24,28H,6-16,19,21H2,1-5H3. The largest absolute Gasteiger partial charge is 0.508 e. The maximum absolute atomic E-state index is 12.8. The van der Waals surface area contributed by atoms with Gasteiger partial charge in [0.05, 0.1) is 12.5 Å². The van der Waals surface area contributed by atoms with Gasteiger partial charge in [-0.05, 0) is 42.4 Å². The van der Waals surface area contributed by atoms with E-state index < -0.39 is 0 Å². The minimum absolute atomic E-state index is 0.0199. The van der Waals surface area contributed by atoms with Crippen LogP contribution < -0.4 is 0 Å². The number of ether oxygens (including phenoxy) is 1. The van der Waals surface area contributed by atoms with Crippen LogP contribution in [-0.4, -0.2) is 17.7 Å². The molecule has 0 saturated heterocycles. The molecule has 0 radical (unpaired) electrons. The number of rotatable bonds is 15. The number of unbranched alkanes of at least 4 members (excludes halogenated alkanes) is 10. The Hall–Kier alpha value is -1.51. The lowest BCUT2D eigenvalue weighted by molar-refractivity contribution is -0.146. The molecule has 0 aromatic heterocycles. The van der Waals surface area contributed by atoms with E-state index in [9.17, 15) is 9.90 Å². The van der Waals surface area contributed by atoms with Crippen molar-refractivity contribution in [2.24, 2.45) is 5.41 Å². The maximum Gasteiger partial charge on any atom is 0.313 e. The van der Waals surface area contributed by atoms with Crippen LogP contribution in [0.5, 0.6) is 5.75 Å². The molecule has 3 heteroatoms. The second-order valence-corrected chi connectivity index (χ2v) is 10.1. The van der Waals surface area contributed by atoms with Crippen molar-refractivity contribution in [1.82, 2.24) is 0 Å². The van der Waals surface area contributed by atoms with Gasteiger partial charge in [-0.2, -0.15) is 0 Å². The summed E-state index contributed by atoms with van der Waals surface area (Å²) in [7, 11) is 0. The molecular formula is C27H46O3. The second kappa shape index (κ2) is 14.5. The van der Waals surface area contributed by atoms with Crippen molar-refractivity contribution in [3.63, 3.8) is 0 Å². The molecule has 0 aliphatic rings. The molecule has 0 heterocycles. The summed E-state index contributed by atoms with van der Waals surface area (Å²) in [5.41, 5.74) is 1.75. The number of aromatic hydroxyl groups is 1. The fourth-order valence-corrected chi connectivity index (χ4v) is 3.88. The van der Waals surface area contributed by atoms with Gasteiger partial charge in [0.25, 0.3) is 0 Å². The van der Waals surface area contributed by atoms with Gasteiger partial charge in [0.2, 0.25) is 0 Å². The number of esters is 1. The molecule has 0 bridgehead atoms. The fourth-order valence-electron chi connectivity index (χ4n) is 3.88. The Labute approximate surface area is 185 Å². The van der Waals surface area contributed by atoms with Gasteiger partial charge in [0.15, 0.2) is 0 Å². The first-order chi connectivity index (χ1) is 14.2. The third-order valence-corrected chi connectivity index (χ3v) is 5.72. The monoisotopic (exact) mass is 418 g/mol. The maximum atomic E-state index is 12.8. The molecule has 0 fully saturated rings. The zero-order valence-electron chi connectivity index (χ0n) is 20.3. The Morgan fingerprint density at radius 1 is 0.933 bits per heavy atom. The van der Waals surface area contributed by atoms with Gasteiger partial charge >= 0.3 is 5.97 Å². The van der Waals surface area contributed by atoms with Crippen molar-refractivity contribution in [1.29, 1.82) is 0 Å². The number of phenols is 1. The molecule has 172 valence electrons. The summed E-state index contributed by atoms with van der Waals surface area (Å²) >= 11 is 0. The van der Waals surface area contributed by atoms with Crippen molar-refractivity contribution in [2.45, 2.75) is 118 Å². The second-order valence-electron chi connectivity index (χ2n) is 10.1.